The number of hydrogen-bond donors (Lipinski definition) is 1. The van der Waals surface area contributed by atoms with Gasteiger partial charge in [-0.2, -0.15) is 0 Å². The van der Waals surface area contributed by atoms with Gasteiger partial charge in [-0.1, -0.05) is 31.5 Å². The standard InChI is InChI=1S/C16H23N3/c1-2-13-8-10-16(11-9-13)12-18-15(17)19(16)14-6-4-3-5-7-14/h3-7,13H,2,8-12H2,1H3,(H2,17,18). The Hall–Kier alpha value is -1.51. The van der Waals surface area contributed by atoms with Gasteiger partial charge in [0.05, 0.1) is 12.1 Å². The van der Waals surface area contributed by atoms with Crippen LogP contribution in [0.1, 0.15) is 39.0 Å². The van der Waals surface area contributed by atoms with E-state index < -0.39 is 0 Å². The Morgan fingerprint density at radius 2 is 1.95 bits per heavy atom. The second-order valence-corrected chi connectivity index (χ2v) is 5.92. The van der Waals surface area contributed by atoms with Crippen LogP contribution in [-0.4, -0.2) is 18.0 Å². The molecular weight excluding hydrogens is 234 g/mol. The first-order chi connectivity index (χ1) is 9.25. The summed E-state index contributed by atoms with van der Waals surface area (Å²) in [5, 5.41) is 0. The third-order valence-corrected chi connectivity index (χ3v) is 4.87. The fourth-order valence-corrected chi connectivity index (χ4v) is 3.60. The Labute approximate surface area is 115 Å². The summed E-state index contributed by atoms with van der Waals surface area (Å²) in [5.74, 6) is 1.59. The third kappa shape index (κ3) is 2.11. The Bertz CT molecular complexity index is 458. The van der Waals surface area contributed by atoms with Gasteiger partial charge in [-0.05, 0) is 43.7 Å². The summed E-state index contributed by atoms with van der Waals surface area (Å²) < 4.78 is 0. The van der Waals surface area contributed by atoms with Crippen molar-refractivity contribution >= 4 is 11.6 Å². The first-order valence-corrected chi connectivity index (χ1v) is 7.40. The predicted octanol–water partition coefficient (Wildman–Crippen LogP) is 3.16. The smallest absolute Gasteiger partial charge is 0.196 e. The normalized spacial score (nSPS) is 30.7. The van der Waals surface area contributed by atoms with E-state index in [0.29, 0.717) is 5.96 Å². The minimum atomic E-state index is 0.150. The molecule has 1 aliphatic heterocycles. The molecule has 0 aromatic heterocycles. The van der Waals surface area contributed by atoms with Crippen LogP contribution in [0.5, 0.6) is 0 Å². The first kappa shape index (κ1) is 12.5. The third-order valence-electron chi connectivity index (χ3n) is 4.87. The van der Waals surface area contributed by atoms with Crippen molar-refractivity contribution in [2.45, 2.75) is 44.6 Å². The number of rotatable bonds is 2. The lowest BCUT2D eigenvalue weighted by molar-refractivity contribution is 0.244. The van der Waals surface area contributed by atoms with Gasteiger partial charge in [-0.15, -0.1) is 0 Å². The van der Waals surface area contributed by atoms with Gasteiger partial charge in [0.25, 0.3) is 0 Å². The molecule has 0 amide bonds. The molecular formula is C16H23N3. The molecule has 2 N–H and O–H groups in total. The van der Waals surface area contributed by atoms with Crippen molar-refractivity contribution in [3.05, 3.63) is 30.3 Å². The molecule has 3 rings (SSSR count). The molecule has 1 saturated carbocycles. The lowest BCUT2D eigenvalue weighted by Gasteiger charge is -2.44. The van der Waals surface area contributed by atoms with Crippen LogP contribution in [0.25, 0.3) is 0 Å². The molecule has 1 heterocycles. The van der Waals surface area contributed by atoms with Crippen molar-refractivity contribution in [3.63, 3.8) is 0 Å². The lowest BCUT2D eigenvalue weighted by atomic mass is 9.75. The second-order valence-electron chi connectivity index (χ2n) is 5.92. The molecule has 102 valence electrons. The highest BCUT2D eigenvalue weighted by Gasteiger charge is 2.45. The van der Waals surface area contributed by atoms with Crippen LogP contribution in [0, 0.1) is 5.92 Å². The summed E-state index contributed by atoms with van der Waals surface area (Å²) in [5.41, 5.74) is 7.50. The molecule has 1 aliphatic carbocycles. The summed E-state index contributed by atoms with van der Waals surface area (Å²) in [6.07, 6.45) is 6.35. The highest BCUT2D eigenvalue weighted by molar-refractivity contribution is 5.98. The van der Waals surface area contributed by atoms with Gasteiger partial charge in [-0.25, -0.2) is 0 Å². The van der Waals surface area contributed by atoms with Gasteiger partial charge in [0.2, 0.25) is 0 Å². The van der Waals surface area contributed by atoms with E-state index in [1.807, 2.05) is 6.07 Å². The molecule has 2 aliphatic rings. The highest BCUT2D eigenvalue weighted by Crippen LogP contribution is 2.42. The van der Waals surface area contributed by atoms with Gasteiger partial charge in [0.15, 0.2) is 5.96 Å². The maximum absolute atomic E-state index is 6.16. The Balaban J connectivity index is 1.87. The minimum Gasteiger partial charge on any atom is -0.369 e. The van der Waals surface area contributed by atoms with Crippen molar-refractivity contribution in [1.29, 1.82) is 0 Å². The fraction of sp³-hybridized carbons (Fsp3) is 0.562. The van der Waals surface area contributed by atoms with Crippen molar-refractivity contribution in [3.8, 4) is 0 Å². The first-order valence-electron chi connectivity index (χ1n) is 7.40. The molecule has 0 bridgehead atoms. The second kappa shape index (κ2) is 4.87. The zero-order valence-electron chi connectivity index (χ0n) is 11.7. The minimum absolute atomic E-state index is 0.150. The van der Waals surface area contributed by atoms with E-state index in [-0.39, 0.29) is 5.54 Å². The Morgan fingerprint density at radius 3 is 2.58 bits per heavy atom. The van der Waals surface area contributed by atoms with Gasteiger partial charge in [-0.3, -0.25) is 4.99 Å². The molecule has 0 unspecified atom stereocenters. The number of anilines is 1. The van der Waals surface area contributed by atoms with E-state index in [9.17, 15) is 0 Å². The topological polar surface area (TPSA) is 41.6 Å². The van der Waals surface area contributed by atoms with Crippen molar-refractivity contribution in [1.82, 2.24) is 0 Å². The van der Waals surface area contributed by atoms with Crippen LogP contribution in [0.3, 0.4) is 0 Å². The average Bonchev–Trinajstić information content (AvgIpc) is 2.78. The molecule has 3 nitrogen and oxygen atoms in total. The van der Waals surface area contributed by atoms with Gasteiger partial charge < -0.3 is 10.6 Å². The van der Waals surface area contributed by atoms with Gasteiger partial charge >= 0.3 is 0 Å². The molecule has 1 aromatic rings. The number of nitrogens with zero attached hydrogens (tertiary/aromatic N) is 2. The maximum atomic E-state index is 6.16. The van der Waals surface area contributed by atoms with Crippen molar-refractivity contribution in [2.24, 2.45) is 16.6 Å². The van der Waals surface area contributed by atoms with Crippen LogP contribution in [0.15, 0.2) is 35.3 Å². The summed E-state index contributed by atoms with van der Waals surface area (Å²) in [6.45, 7) is 3.17. The van der Waals surface area contributed by atoms with E-state index in [0.717, 1.165) is 12.5 Å². The molecule has 19 heavy (non-hydrogen) atoms. The number of guanidine groups is 1. The van der Waals surface area contributed by atoms with Gasteiger partial charge in [0, 0.05) is 5.69 Å². The number of nitrogens with two attached hydrogens (primary N) is 1. The lowest BCUT2D eigenvalue weighted by Crippen LogP contribution is -2.53. The number of para-hydroxylation sites is 1. The maximum Gasteiger partial charge on any atom is 0.196 e. The summed E-state index contributed by atoms with van der Waals surface area (Å²) in [7, 11) is 0. The molecule has 1 aromatic carbocycles. The van der Waals surface area contributed by atoms with Crippen LogP contribution >= 0.6 is 0 Å². The largest absolute Gasteiger partial charge is 0.369 e. The molecule has 0 atom stereocenters. The quantitative estimate of drug-likeness (QED) is 0.884. The van der Waals surface area contributed by atoms with E-state index in [2.05, 4.69) is 41.1 Å². The molecule has 1 spiro atoms. The Morgan fingerprint density at radius 1 is 1.26 bits per heavy atom. The monoisotopic (exact) mass is 257 g/mol. The molecule has 0 radical (unpaired) electrons. The van der Waals surface area contributed by atoms with Crippen molar-refractivity contribution < 1.29 is 0 Å². The van der Waals surface area contributed by atoms with Crippen LogP contribution in [0.4, 0.5) is 5.69 Å². The van der Waals surface area contributed by atoms with Gasteiger partial charge in [0.1, 0.15) is 0 Å². The Kier molecular flexibility index (Phi) is 3.21. The van der Waals surface area contributed by atoms with E-state index >= 15 is 0 Å². The number of aliphatic imine (C=N–C) groups is 1. The van der Waals surface area contributed by atoms with Crippen LogP contribution < -0.4 is 10.6 Å². The summed E-state index contributed by atoms with van der Waals surface area (Å²) >= 11 is 0. The SMILES string of the molecule is CCC1CCC2(CC1)CN=C(N)N2c1ccccc1. The molecule has 3 heteroatoms. The number of benzene rings is 1. The number of hydrogen-bond acceptors (Lipinski definition) is 3. The summed E-state index contributed by atoms with van der Waals surface area (Å²) in [6, 6.07) is 10.5. The van der Waals surface area contributed by atoms with E-state index in [1.54, 1.807) is 0 Å². The van der Waals surface area contributed by atoms with E-state index in [4.69, 9.17) is 5.73 Å². The average molecular weight is 257 g/mol. The van der Waals surface area contributed by atoms with Crippen LogP contribution in [-0.2, 0) is 0 Å². The zero-order valence-corrected chi connectivity index (χ0v) is 11.7. The van der Waals surface area contributed by atoms with Crippen LogP contribution in [0.2, 0.25) is 0 Å². The zero-order chi connectivity index (χ0) is 13.3. The highest BCUT2D eigenvalue weighted by atomic mass is 15.4. The molecule has 1 fully saturated rings. The van der Waals surface area contributed by atoms with Crippen molar-refractivity contribution in [2.75, 3.05) is 11.4 Å². The summed E-state index contributed by atoms with van der Waals surface area (Å²) in [4.78, 5) is 6.83. The van der Waals surface area contributed by atoms with E-state index in [1.165, 1.54) is 37.8 Å². The predicted molar refractivity (Wildman–Crippen MR) is 80.4 cm³/mol. The molecule has 0 saturated heterocycles. The fourth-order valence-electron chi connectivity index (χ4n) is 3.60.